The molecule has 1 fully saturated rings. The van der Waals surface area contributed by atoms with Gasteiger partial charge in [-0.15, -0.1) is 0 Å². The topological polar surface area (TPSA) is 87.9 Å². The Balaban J connectivity index is 1.88. The average Bonchev–Trinajstić information content (AvgIpc) is 2.75. The Kier molecular flexibility index (Phi) is 4.19. The molecule has 1 aromatic heterocycles. The van der Waals surface area contributed by atoms with Gasteiger partial charge in [0.25, 0.3) is 0 Å². The van der Waals surface area contributed by atoms with Gasteiger partial charge in [-0.3, -0.25) is 9.89 Å². The lowest BCUT2D eigenvalue weighted by Crippen LogP contribution is -2.46. The first-order valence-corrected chi connectivity index (χ1v) is 6.89. The summed E-state index contributed by atoms with van der Waals surface area (Å²) in [7, 11) is 1.78. The van der Waals surface area contributed by atoms with Crippen molar-refractivity contribution >= 4 is 5.91 Å². The van der Waals surface area contributed by atoms with E-state index < -0.39 is 0 Å². The molecule has 0 unspecified atom stereocenters. The SMILES string of the molecule is Cc1nc(CN(C)C(=O)CC2(N)CCCCC2)n[nH]1. The van der Waals surface area contributed by atoms with Crippen molar-refractivity contribution in [1.82, 2.24) is 20.1 Å². The number of carbonyl (C=O) groups is 1. The Labute approximate surface area is 113 Å². The number of hydrogen-bond donors (Lipinski definition) is 2. The van der Waals surface area contributed by atoms with Crippen LogP contribution in [0.1, 0.15) is 50.2 Å². The largest absolute Gasteiger partial charge is 0.338 e. The molecule has 0 bridgehead atoms. The monoisotopic (exact) mass is 265 g/mol. The molecule has 1 saturated carbocycles. The summed E-state index contributed by atoms with van der Waals surface area (Å²) in [4.78, 5) is 18.1. The maximum absolute atomic E-state index is 12.2. The van der Waals surface area contributed by atoms with Crippen molar-refractivity contribution in [2.75, 3.05) is 7.05 Å². The predicted molar refractivity (Wildman–Crippen MR) is 72.2 cm³/mol. The zero-order valence-electron chi connectivity index (χ0n) is 11.8. The van der Waals surface area contributed by atoms with E-state index in [0.29, 0.717) is 18.8 Å². The van der Waals surface area contributed by atoms with Crippen molar-refractivity contribution in [3.8, 4) is 0 Å². The van der Waals surface area contributed by atoms with Gasteiger partial charge in [-0.05, 0) is 19.8 Å². The van der Waals surface area contributed by atoms with Crippen LogP contribution in [0.15, 0.2) is 0 Å². The van der Waals surface area contributed by atoms with Gasteiger partial charge in [0.15, 0.2) is 5.82 Å². The number of nitrogens with zero attached hydrogens (tertiary/aromatic N) is 3. The van der Waals surface area contributed by atoms with Crippen molar-refractivity contribution in [2.24, 2.45) is 5.73 Å². The van der Waals surface area contributed by atoms with E-state index in [0.717, 1.165) is 31.5 Å². The second kappa shape index (κ2) is 5.69. The highest BCUT2D eigenvalue weighted by molar-refractivity contribution is 5.77. The number of aromatic nitrogens is 3. The van der Waals surface area contributed by atoms with Gasteiger partial charge in [-0.25, -0.2) is 4.98 Å². The number of nitrogens with one attached hydrogen (secondary N) is 1. The maximum Gasteiger partial charge on any atom is 0.224 e. The highest BCUT2D eigenvalue weighted by Gasteiger charge is 2.31. The van der Waals surface area contributed by atoms with Gasteiger partial charge in [0.2, 0.25) is 5.91 Å². The third-order valence-electron chi connectivity index (χ3n) is 3.80. The molecule has 0 saturated heterocycles. The Morgan fingerprint density at radius 1 is 1.42 bits per heavy atom. The van der Waals surface area contributed by atoms with Crippen molar-refractivity contribution in [3.63, 3.8) is 0 Å². The Hall–Kier alpha value is -1.43. The normalized spacial score (nSPS) is 18.3. The molecular formula is C13H23N5O. The van der Waals surface area contributed by atoms with Gasteiger partial charge in [0.1, 0.15) is 5.82 Å². The predicted octanol–water partition coefficient (Wildman–Crippen LogP) is 1.12. The van der Waals surface area contributed by atoms with Crippen LogP contribution in [0.5, 0.6) is 0 Å². The van der Waals surface area contributed by atoms with E-state index in [1.165, 1.54) is 6.42 Å². The number of hydrogen-bond acceptors (Lipinski definition) is 4. The first-order valence-electron chi connectivity index (χ1n) is 6.89. The molecule has 0 aliphatic heterocycles. The molecule has 19 heavy (non-hydrogen) atoms. The van der Waals surface area contributed by atoms with Gasteiger partial charge in [0.05, 0.1) is 6.54 Å². The van der Waals surface area contributed by atoms with Crippen LogP contribution in [-0.4, -0.2) is 38.6 Å². The fraction of sp³-hybridized carbons (Fsp3) is 0.769. The van der Waals surface area contributed by atoms with Crippen molar-refractivity contribution < 1.29 is 4.79 Å². The third kappa shape index (κ3) is 3.76. The maximum atomic E-state index is 12.2. The Morgan fingerprint density at radius 2 is 2.11 bits per heavy atom. The standard InChI is InChI=1S/C13H23N5O/c1-10-15-11(17-16-10)9-18(2)12(19)8-13(14)6-4-3-5-7-13/h3-9,14H2,1-2H3,(H,15,16,17). The van der Waals surface area contributed by atoms with Gasteiger partial charge in [-0.2, -0.15) is 5.10 Å². The van der Waals surface area contributed by atoms with Crippen LogP contribution in [0.3, 0.4) is 0 Å². The summed E-state index contributed by atoms with van der Waals surface area (Å²) in [5, 5.41) is 6.82. The highest BCUT2D eigenvalue weighted by atomic mass is 16.2. The number of carbonyl (C=O) groups excluding carboxylic acids is 1. The lowest BCUT2D eigenvalue weighted by Gasteiger charge is -2.34. The van der Waals surface area contributed by atoms with Gasteiger partial charge in [-0.1, -0.05) is 19.3 Å². The zero-order valence-corrected chi connectivity index (χ0v) is 11.8. The van der Waals surface area contributed by atoms with E-state index in [2.05, 4.69) is 15.2 Å². The quantitative estimate of drug-likeness (QED) is 0.854. The first-order chi connectivity index (χ1) is 8.98. The number of amides is 1. The Bertz CT molecular complexity index is 436. The smallest absolute Gasteiger partial charge is 0.224 e. The summed E-state index contributed by atoms with van der Waals surface area (Å²) in [5.74, 6) is 1.48. The Morgan fingerprint density at radius 3 is 2.68 bits per heavy atom. The van der Waals surface area contributed by atoms with Crippen molar-refractivity contribution in [2.45, 2.75) is 57.5 Å². The van der Waals surface area contributed by atoms with Gasteiger partial charge in [0, 0.05) is 19.0 Å². The summed E-state index contributed by atoms with van der Waals surface area (Å²) in [6, 6.07) is 0. The second-order valence-corrected chi connectivity index (χ2v) is 5.69. The molecule has 6 nitrogen and oxygen atoms in total. The van der Waals surface area contributed by atoms with E-state index in [9.17, 15) is 4.79 Å². The van der Waals surface area contributed by atoms with Gasteiger partial charge < -0.3 is 10.6 Å². The zero-order chi connectivity index (χ0) is 13.9. The van der Waals surface area contributed by atoms with E-state index in [1.54, 1.807) is 11.9 Å². The molecule has 6 heteroatoms. The lowest BCUT2D eigenvalue weighted by atomic mass is 9.80. The molecule has 2 rings (SSSR count). The third-order valence-corrected chi connectivity index (χ3v) is 3.80. The highest BCUT2D eigenvalue weighted by Crippen LogP contribution is 2.29. The van der Waals surface area contributed by atoms with Crippen LogP contribution in [0, 0.1) is 6.92 Å². The number of aryl methyl sites for hydroxylation is 1. The number of H-pyrrole nitrogens is 1. The molecule has 1 aromatic rings. The lowest BCUT2D eigenvalue weighted by molar-refractivity contribution is -0.132. The molecule has 0 aromatic carbocycles. The summed E-state index contributed by atoms with van der Waals surface area (Å²) in [6.45, 7) is 2.27. The van der Waals surface area contributed by atoms with Crippen LogP contribution in [0.2, 0.25) is 0 Å². The van der Waals surface area contributed by atoms with Crippen LogP contribution in [0.25, 0.3) is 0 Å². The number of rotatable bonds is 4. The van der Waals surface area contributed by atoms with Gasteiger partial charge >= 0.3 is 0 Å². The summed E-state index contributed by atoms with van der Waals surface area (Å²) < 4.78 is 0. The minimum absolute atomic E-state index is 0.0758. The summed E-state index contributed by atoms with van der Waals surface area (Å²) >= 11 is 0. The van der Waals surface area contributed by atoms with Crippen LogP contribution >= 0.6 is 0 Å². The van der Waals surface area contributed by atoms with Crippen LogP contribution < -0.4 is 5.73 Å². The minimum atomic E-state index is -0.307. The summed E-state index contributed by atoms with van der Waals surface area (Å²) in [6.07, 6.45) is 5.83. The fourth-order valence-corrected chi connectivity index (χ4v) is 2.63. The second-order valence-electron chi connectivity index (χ2n) is 5.69. The average molecular weight is 265 g/mol. The van der Waals surface area contributed by atoms with Crippen LogP contribution in [-0.2, 0) is 11.3 Å². The molecule has 106 valence electrons. The molecule has 1 aliphatic rings. The van der Waals surface area contributed by atoms with Crippen LogP contribution in [0.4, 0.5) is 0 Å². The number of aromatic amines is 1. The molecule has 0 atom stereocenters. The molecule has 1 amide bonds. The van der Waals surface area contributed by atoms with E-state index in [4.69, 9.17) is 5.73 Å². The first kappa shape index (κ1) is 14.0. The molecule has 0 radical (unpaired) electrons. The van der Waals surface area contributed by atoms with E-state index >= 15 is 0 Å². The van der Waals surface area contributed by atoms with Crippen molar-refractivity contribution in [1.29, 1.82) is 0 Å². The molecule has 0 spiro atoms. The molecule has 1 aliphatic carbocycles. The number of nitrogens with two attached hydrogens (primary N) is 1. The molecule has 1 heterocycles. The van der Waals surface area contributed by atoms with E-state index in [1.807, 2.05) is 6.92 Å². The summed E-state index contributed by atoms with van der Waals surface area (Å²) in [5.41, 5.74) is 6.00. The van der Waals surface area contributed by atoms with Crippen molar-refractivity contribution in [3.05, 3.63) is 11.6 Å². The van der Waals surface area contributed by atoms with E-state index in [-0.39, 0.29) is 11.4 Å². The molecular weight excluding hydrogens is 242 g/mol. The minimum Gasteiger partial charge on any atom is -0.338 e. The fourth-order valence-electron chi connectivity index (χ4n) is 2.63. The molecule has 3 N–H and O–H groups in total.